The van der Waals surface area contributed by atoms with E-state index >= 15 is 0 Å². The SMILES string of the molecule is C=Nc1c(NCCOCP(NC)Oc2ccccc2)nc(N)nc1NC1CC1.C=O.CCC. The maximum Gasteiger partial charge on any atom is 0.224 e. The first-order chi connectivity index (χ1) is 16.1. The van der Waals surface area contributed by atoms with E-state index in [0.29, 0.717) is 42.9 Å². The van der Waals surface area contributed by atoms with Gasteiger partial charge >= 0.3 is 0 Å². The van der Waals surface area contributed by atoms with Crippen LogP contribution < -0.4 is 26.0 Å². The van der Waals surface area contributed by atoms with Gasteiger partial charge in [-0.1, -0.05) is 38.5 Å². The van der Waals surface area contributed by atoms with E-state index in [4.69, 9.17) is 19.8 Å². The third kappa shape index (κ3) is 11.1. The standard InChI is InChI=1S/C18H26N7O2P.C3H8.CH2O/c1-20-15-16(24-18(19)25-17(15)23-13-8-9-13)22-10-11-26-12-28(21-2)27-14-6-4-3-5-7-14;1-3-2;1-2/h3-7,13,21H,1,8-12H2,2H3,(H4,19,22,23,24,25);3H2,1-2H3;1H2. The van der Waals surface area contributed by atoms with Crippen LogP contribution in [0.3, 0.4) is 0 Å². The Hall–Kier alpha value is -2.81. The molecule has 33 heavy (non-hydrogen) atoms. The zero-order chi connectivity index (χ0) is 24.5. The number of hydrogen-bond donors (Lipinski definition) is 4. The Bertz CT molecular complexity index is 810. The summed E-state index contributed by atoms with van der Waals surface area (Å²) in [5.74, 6) is 2.17. The number of aromatic nitrogens is 2. The number of carbonyl (C=O) groups is 1. The van der Waals surface area contributed by atoms with Gasteiger partial charge in [-0.15, -0.1) is 0 Å². The van der Waals surface area contributed by atoms with Crippen LogP contribution in [0.5, 0.6) is 5.75 Å². The third-order valence-electron chi connectivity index (χ3n) is 3.93. The van der Waals surface area contributed by atoms with Crippen molar-refractivity contribution in [2.45, 2.75) is 39.2 Å². The second-order valence-corrected chi connectivity index (χ2v) is 8.53. The van der Waals surface area contributed by atoms with Gasteiger partial charge in [0, 0.05) is 12.6 Å². The Kier molecular flexibility index (Phi) is 14.3. The van der Waals surface area contributed by atoms with Crippen LogP contribution in [-0.2, 0) is 9.53 Å². The Morgan fingerprint density at radius 3 is 2.39 bits per heavy atom. The first-order valence-corrected chi connectivity index (χ1v) is 12.2. The molecule has 2 aromatic rings. The van der Waals surface area contributed by atoms with Crippen LogP contribution in [-0.4, -0.2) is 56.1 Å². The molecule has 0 spiro atoms. The van der Waals surface area contributed by atoms with Crippen molar-refractivity contribution in [3.05, 3.63) is 30.3 Å². The normalized spacial score (nSPS) is 12.8. The molecule has 182 valence electrons. The zero-order valence-corrected chi connectivity index (χ0v) is 20.6. The van der Waals surface area contributed by atoms with E-state index in [-0.39, 0.29) is 5.95 Å². The van der Waals surface area contributed by atoms with E-state index in [0.717, 1.165) is 18.6 Å². The summed E-state index contributed by atoms with van der Waals surface area (Å²) in [6, 6.07) is 10.1. The Morgan fingerprint density at radius 1 is 1.18 bits per heavy atom. The van der Waals surface area contributed by atoms with Crippen LogP contribution in [0.4, 0.5) is 23.3 Å². The number of carbonyl (C=O) groups excluding carboxylic acids is 1. The number of nitrogens with one attached hydrogen (secondary N) is 3. The van der Waals surface area contributed by atoms with Crippen molar-refractivity contribution in [3.8, 4) is 5.75 Å². The van der Waals surface area contributed by atoms with Crippen molar-refractivity contribution in [2.24, 2.45) is 4.99 Å². The molecule has 10 nitrogen and oxygen atoms in total. The van der Waals surface area contributed by atoms with Crippen molar-refractivity contribution in [1.29, 1.82) is 0 Å². The Morgan fingerprint density at radius 2 is 1.82 bits per heavy atom. The molecule has 1 aromatic carbocycles. The predicted octanol–water partition coefficient (Wildman–Crippen LogP) is 4.19. The highest BCUT2D eigenvalue weighted by Crippen LogP contribution is 2.35. The van der Waals surface area contributed by atoms with Gasteiger partial charge in [0.1, 0.15) is 24.6 Å². The van der Waals surface area contributed by atoms with Crippen LogP contribution in [0.15, 0.2) is 35.3 Å². The summed E-state index contributed by atoms with van der Waals surface area (Å²) < 4.78 is 11.6. The first-order valence-electron chi connectivity index (χ1n) is 10.8. The molecule has 0 aliphatic heterocycles. The number of para-hydroxylation sites is 1. The number of anilines is 3. The topological polar surface area (TPSA) is 136 Å². The summed E-state index contributed by atoms with van der Waals surface area (Å²) >= 11 is 0. The lowest BCUT2D eigenvalue weighted by Gasteiger charge is -2.17. The van der Waals surface area contributed by atoms with Crippen molar-refractivity contribution in [2.75, 3.05) is 42.9 Å². The molecule has 1 aliphatic rings. The van der Waals surface area contributed by atoms with Crippen LogP contribution in [0, 0.1) is 0 Å². The monoisotopic (exact) mass is 477 g/mol. The van der Waals surface area contributed by atoms with E-state index < -0.39 is 8.30 Å². The Balaban J connectivity index is 0.00000101. The van der Waals surface area contributed by atoms with Gasteiger partial charge in [-0.05, 0) is 38.7 Å². The quantitative estimate of drug-likeness (QED) is 0.201. The molecule has 1 atom stereocenters. The lowest BCUT2D eigenvalue weighted by atomic mass is 10.3. The molecule has 1 aliphatic carbocycles. The minimum Gasteiger partial charge on any atom is -0.456 e. The second-order valence-electron chi connectivity index (χ2n) is 6.88. The van der Waals surface area contributed by atoms with Gasteiger partial charge in [-0.3, -0.25) is 10.1 Å². The number of benzene rings is 1. The highest BCUT2D eigenvalue weighted by atomic mass is 31.2. The van der Waals surface area contributed by atoms with Crippen LogP contribution in [0.2, 0.25) is 0 Å². The fourth-order valence-corrected chi connectivity index (χ4v) is 3.35. The largest absolute Gasteiger partial charge is 0.456 e. The van der Waals surface area contributed by atoms with Crippen molar-refractivity contribution >= 4 is 45.1 Å². The minimum atomic E-state index is -0.912. The van der Waals surface area contributed by atoms with Gasteiger partial charge in [-0.2, -0.15) is 9.97 Å². The number of nitrogens with two attached hydrogens (primary N) is 1. The molecule has 1 aromatic heterocycles. The molecule has 0 radical (unpaired) electrons. The van der Waals surface area contributed by atoms with E-state index in [2.05, 4.69) is 51.2 Å². The number of rotatable bonds is 12. The molecule has 5 N–H and O–H groups in total. The van der Waals surface area contributed by atoms with E-state index in [1.807, 2.05) is 44.2 Å². The highest BCUT2D eigenvalue weighted by molar-refractivity contribution is 7.50. The molecule has 1 saturated carbocycles. The number of aliphatic imine (C=N–C) groups is 1. The smallest absolute Gasteiger partial charge is 0.224 e. The van der Waals surface area contributed by atoms with E-state index in [1.54, 1.807) is 0 Å². The number of nitrogen functional groups attached to an aromatic ring is 1. The third-order valence-corrected chi connectivity index (χ3v) is 5.28. The summed E-state index contributed by atoms with van der Waals surface area (Å²) in [5, 5.41) is 9.65. The van der Waals surface area contributed by atoms with E-state index in [9.17, 15) is 0 Å². The molecule has 1 unspecified atom stereocenters. The fourth-order valence-electron chi connectivity index (χ4n) is 2.40. The predicted molar refractivity (Wildman–Crippen MR) is 138 cm³/mol. The fraction of sp³-hybridized carbons (Fsp3) is 0.455. The van der Waals surface area contributed by atoms with Crippen LogP contribution >= 0.6 is 8.30 Å². The summed E-state index contributed by atoms with van der Waals surface area (Å²) in [6.45, 7) is 10.9. The number of nitrogens with zero attached hydrogens (tertiary/aromatic N) is 3. The molecule has 0 bridgehead atoms. The maximum absolute atomic E-state index is 8.00. The van der Waals surface area contributed by atoms with Crippen molar-refractivity contribution < 1.29 is 14.1 Å². The lowest BCUT2D eigenvalue weighted by Crippen LogP contribution is -2.15. The second kappa shape index (κ2) is 16.8. The van der Waals surface area contributed by atoms with Gasteiger partial charge in [-0.25, -0.2) is 0 Å². The number of ether oxygens (including phenoxy) is 1. The van der Waals surface area contributed by atoms with Gasteiger partial charge < -0.3 is 30.4 Å². The molecule has 1 heterocycles. The van der Waals surface area contributed by atoms with Gasteiger partial charge in [0.05, 0.1) is 6.61 Å². The molecule has 1 fully saturated rings. The molecular weight excluding hydrogens is 441 g/mol. The van der Waals surface area contributed by atoms with Crippen LogP contribution in [0.25, 0.3) is 0 Å². The molecule has 0 amide bonds. The van der Waals surface area contributed by atoms with Gasteiger partial charge in [0.25, 0.3) is 0 Å². The molecule has 11 heteroatoms. The number of hydrogen-bond acceptors (Lipinski definition) is 10. The minimum absolute atomic E-state index is 0.189. The van der Waals surface area contributed by atoms with Gasteiger partial charge in [0.2, 0.25) is 5.95 Å². The van der Waals surface area contributed by atoms with Crippen molar-refractivity contribution in [3.63, 3.8) is 0 Å². The molecular formula is C22H36N7O3P. The average molecular weight is 478 g/mol. The van der Waals surface area contributed by atoms with Crippen LogP contribution in [0.1, 0.15) is 33.1 Å². The van der Waals surface area contributed by atoms with Crippen molar-refractivity contribution in [1.82, 2.24) is 15.1 Å². The zero-order valence-electron chi connectivity index (χ0n) is 19.7. The Labute approximate surface area is 197 Å². The summed E-state index contributed by atoms with van der Waals surface area (Å²) in [7, 11) is 0.945. The lowest BCUT2D eigenvalue weighted by molar-refractivity contribution is -0.0979. The molecule has 0 saturated heterocycles. The summed E-state index contributed by atoms with van der Waals surface area (Å²) in [4.78, 5) is 20.5. The van der Waals surface area contributed by atoms with Gasteiger partial charge in [0.15, 0.2) is 19.9 Å². The summed E-state index contributed by atoms with van der Waals surface area (Å²) in [5.41, 5.74) is 6.40. The maximum atomic E-state index is 8.00. The first kappa shape index (κ1) is 28.2. The molecule has 3 rings (SSSR count). The average Bonchev–Trinajstić information content (AvgIpc) is 3.64. The summed E-state index contributed by atoms with van der Waals surface area (Å²) in [6.07, 6.45) is 3.96. The van der Waals surface area contributed by atoms with E-state index in [1.165, 1.54) is 6.42 Å². The highest BCUT2D eigenvalue weighted by Gasteiger charge is 2.24.